The molecule has 26 heavy (non-hydrogen) atoms. The molecule has 0 aromatic heterocycles. The average molecular weight is 353 g/mol. The van der Waals surface area contributed by atoms with Gasteiger partial charge in [-0.1, -0.05) is 24.3 Å². The molecule has 136 valence electrons. The zero-order valence-corrected chi connectivity index (χ0v) is 15.0. The lowest BCUT2D eigenvalue weighted by atomic mass is 10.1. The number of rotatable bonds is 4. The van der Waals surface area contributed by atoms with Crippen molar-refractivity contribution in [2.75, 3.05) is 11.9 Å². The summed E-state index contributed by atoms with van der Waals surface area (Å²) in [5.41, 5.74) is 2.75. The lowest BCUT2D eigenvalue weighted by Gasteiger charge is -2.23. The Bertz CT molecular complexity index is 790. The predicted molar refractivity (Wildman–Crippen MR) is 99.8 cm³/mol. The van der Waals surface area contributed by atoms with Gasteiger partial charge in [-0.05, 0) is 49.2 Å². The SMILES string of the molecule is CC(C)(CO)NC(=O)c1ccc(NC(=O)N2Cc3ccccc3C2)cc1. The molecule has 2 aromatic rings. The Morgan fingerprint density at radius 1 is 1.04 bits per heavy atom. The highest BCUT2D eigenvalue weighted by molar-refractivity contribution is 5.96. The van der Waals surface area contributed by atoms with E-state index in [4.69, 9.17) is 0 Å². The molecule has 6 heteroatoms. The van der Waals surface area contributed by atoms with Gasteiger partial charge in [0.1, 0.15) is 0 Å². The van der Waals surface area contributed by atoms with Crippen molar-refractivity contribution < 1.29 is 14.7 Å². The second kappa shape index (κ2) is 7.17. The number of benzene rings is 2. The zero-order valence-electron chi connectivity index (χ0n) is 15.0. The Hall–Kier alpha value is -2.86. The molecule has 0 bridgehead atoms. The van der Waals surface area contributed by atoms with Crippen LogP contribution in [0, 0.1) is 0 Å². The first-order valence-corrected chi connectivity index (χ1v) is 8.54. The van der Waals surface area contributed by atoms with Crippen LogP contribution in [0.1, 0.15) is 35.3 Å². The van der Waals surface area contributed by atoms with Gasteiger partial charge >= 0.3 is 6.03 Å². The summed E-state index contributed by atoms with van der Waals surface area (Å²) in [6, 6.07) is 14.5. The van der Waals surface area contributed by atoms with Gasteiger partial charge in [0.15, 0.2) is 0 Å². The van der Waals surface area contributed by atoms with Gasteiger partial charge < -0.3 is 20.6 Å². The first-order valence-electron chi connectivity index (χ1n) is 8.54. The predicted octanol–water partition coefficient (Wildman–Crippen LogP) is 2.74. The van der Waals surface area contributed by atoms with Gasteiger partial charge in [0, 0.05) is 24.3 Å². The lowest BCUT2D eigenvalue weighted by molar-refractivity contribution is 0.0869. The highest BCUT2D eigenvalue weighted by Gasteiger charge is 2.23. The molecule has 0 atom stereocenters. The maximum Gasteiger partial charge on any atom is 0.322 e. The summed E-state index contributed by atoms with van der Waals surface area (Å²) in [6.07, 6.45) is 0. The highest BCUT2D eigenvalue weighted by Crippen LogP contribution is 2.23. The molecule has 1 aliphatic heterocycles. The van der Waals surface area contributed by atoms with Crippen LogP contribution in [0.15, 0.2) is 48.5 Å². The summed E-state index contributed by atoms with van der Waals surface area (Å²) >= 11 is 0. The minimum absolute atomic E-state index is 0.148. The van der Waals surface area contributed by atoms with Crippen LogP contribution in [0.5, 0.6) is 0 Å². The number of nitrogens with one attached hydrogen (secondary N) is 2. The average Bonchev–Trinajstić information content (AvgIpc) is 3.06. The number of aliphatic hydroxyl groups is 1. The van der Waals surface area contributed by atoms with Crippen LogP contribution in [0.25, 0.3) is 0 Å². The minimum atomic E-state index is -0.686. The van der Waals surface area contributed by atoms with Gasteiger partial charge in [-0.25, -0.2) is 4.79 Å². The van der Waals surface area contributed by atoms with Crippen LogP contribution in [-0.2, 0) is 13.1 Å². The number of aliphatic hydroxyl groups excluding tert-OH is 1. The number of anilines is 1. The number of hydrogen-bond donors (Lipinski definition) is 3. The maximum atomic E-state index is 12.4. The summed E-state index contributed by atoms with van der Waals surface area (Å²) in [5, 5.41) is 14.8. The van der Waals surface area contributed by atoms with Crippen molar-refractivity contribution in [3.05, 3.63) is 65.2 Å². The number of urea groups is 1. The molecule has 0 saturated carbocycles. The van der Waals surface area contributed by atoms with Gasteiger partial charge in [-0.2, -0.15) is 0 Å². The molecule has 0 aliphatic carbocycles. The van der Waals surface area contributed by atoms with Crippen LogP contribution in [0.2, 0.25) is 0 Å². The van der Waals surface area contributed by atoms with Crippen LogP contribution in [0.4, 0.5) is 10.5 Å². The van der Waals surface area contributed by atoms with Crippen LogP contribution in [-0.4, -0.2) is 34.1 Å². The topological polar surface area (TPSA) is 81.7 Å². The Morgan fingerprint density at radius 3 is 2.15 bits per heavy atom. The van der Waals surface area contributed by atoms with Gasteiger partial charge in [-0.15, -0.1) is 0 Å². The molecule has 0 spiro atoms. The standard InChI is InChI=1S/C20H23N3O3/c1-20(2,13-24)22-18(25)14-7-9-17(10-8-14)21-19(26)23-11-15-5-3-4-6-16(15)12-23/h3-10,24H,11-13H2,1-2H3,(H,21,26)(H,22,25). The molecular weight excluding hydrogens is 330 g/mol. The summed E-state index contributed by atoms with van der Waals surface area (Å²) in [6.45, 7) is 4.53. The number of carbonyl (C=O) groups is 2. The second-order valence-electron chi connectivity index (χ2n) is 7.13. The van der Waals surface area contributed by atoms with Crippen LogP contribution >= 0.6 is 0 Å². The van der Waals surface area contributed by atoms with E-state index in [1.807, 2.05) is 24.3 Å². The molecule has 3 rings (SSSR count). The summed E-state index contributed by atoms with van der Waals surface area (Å²) < 4.78 is 0. The van der Waals surface area contributed by atoms with E-state index in [9.17, 15) is 14.7 Å². The summed E-state index contributed by atoms with van der Waals surface area (Å²) in [4.78, 5) is 26.4. The number of hydrogen-bond acceptors (Lipinski definition) is 3. The van der Waals surface area contributed by atoms with Crippen molar-refractivity contribution in [2.45, 2.75) is 32.5 Å². The molecule has 3 amide bonds. The van der Waals surface area contributed by atoms with E-state index in [1.54, 1.807) is 43.0 Å². The van der Waals surface area contributed by atoms with E-state index in [0.717, 1.165) is 0 Å². The Kier molecular flexibility index (Phi) is 4.95. The van der Waals surface area contributed by atoms with Crippen molar-refractivity contribution in [1.29, 1.82) is 0 Å². The molecule has 1 heterocycles. The largest absolute Gasteiger partial charge is 0.394 e. The maximum absolute atomic E-state index is 12.4. The second-order valence-corrected chi connectivity index (χ2v) is 7.13. The van der Waals surface area contributed by atoms with E-state index < -0.39 is 5.54 Å². The Labute approximate surface area is 152 Å². The molecule has 0 fully saturated rings. The first kappa shape index (κ1) is 17.9. The van der Waals surface area contributed by atoms with Crippen LogP contribution in [0.3, 0.4) is 0 Å². The fraction of sp³-hybridized carbons (Fsp3) is 0.300. The van der Waals surface area contributed by atoms with Gasteiger partial charge in [0.05, 0.1) is 12.1 Å². The molecule has 0 unspecified atom stereocenters. The smallest absolute Gasteiger partial charge is 0.322 e. The molecule has 1 aliphatic rings. The first-order chi connectivity index (χ1) is 12.4. The fourth-order valence-electron chi connectivity index (χ4n) is 2.80. The summed E-state index contributed by atoms with van der Waals surface area (Å²) in [7, 11) is 0. The van der Waals surface area contributed by atoms with Crippen LogP contribution < -0.4 is 10.6 Å². The number of carbonyl (C=O) groups excluding carboxylic acids is 2. The van der Waals surface area contributed by atoms with E-state index in [0.29, 0.717) is 24.3 Å². The van der Waals surface area contributed by atoms with E-state index >= 15 is 0 Å². The zero-order chi connectivity index (χ0) is 18.7. The third-order valence-electron chi connectivity index (χ3n) is 4.37. The molecule has 2 aromatic carbocycles. The highest BCUT2D eigenvalue weighted by atomic mass is 16.3. The Morgan fingerprint density at radius 2 is 1.62 bits per heavy atom. The van der Waals surface area contributed by atoms with E-state index in [1.165, 1.54) is 11.1 Å². The quantitative estimate of drug-likeness (QED) is 0.790. The van der Waals surface area contributed by atoms with Crippen molar-refractivity contribution in [3.8, 4) is 0 Å². The van der Waals surface area contributed by atoms with Crippen molar-refractivity contribution in [1.82, 2.24) is 10.2 Å². The summed E-state index contributed by atoms with van der Waals surface area (Å²) in [5.74, 6) is -0.267. The molecule has 6 nitrogen and oxygen atoms in total. The van der Waals surface area contributed by atoms with Crippen molar-refractivity contribution in [2.24, 2.45) is 0 Å². The Balaban J connectivity index is 1.60. The number of fused-ring (bicyclic) bond motifs is 1. The number of amides is 3. The number of nitrogens with zero attached hydrogens (tertiary/aromatic N) is 1. The fourth-order valence-corrected chi connectivity index (χ4v) is 2.80. The van der Waals surface area contributed by atoms with Gasteiger partial charge in [-0.3, -0.25) is 4.79 Å². The molecule has 3 N–H and O–H groups in total. The van der Waals surface area contributed by atoms with E-state index in [2.05, 4.69) is 10.6 Å². The van der Waals surface area contributed by atoms with Gasteiger partial charge in [0.2, 0.25) is 0 Å². The van der Waals surface area contributed by atoms with Gasteiger partial charge in [0.25, 0.3) is 5.91 Å². The molecule has 0 saturated heterocycles. The van der Waals surface area contributed by atoms with Crippen molar-refractivity contribution >= 4 is 17.6 Å². The van der Waals surface area contributed by atoms with Crippen molar-refractivity contribution in [3.63, 3.8) is 0 Å². The third kappa shape index (κ3) is 4.03. The monoisotopic (exact) mass is 353 g/mol. The van der Waals surface area contributed by atoms with E-state index in [-0.39, 0.29) is 18.5 Å². The molecular formula is C20H23N3O3. The normalized spacial score (nSPS) is 13.3. The molecule has 0 radical (unpaired) electrons. The third-order valence-corrected chi connectivity index (χ3v) is 4.37. The lowest BCUT2D eigenvalue weighted by Crippen LogP contribution is -2.46. The minimum Gasteiger partial charge on any atom is -0.394 e.